The van der Waals surface area contributed by atoms with Gasteiger partial charge in [-0.3, -0.25) is 9.59 Å². The lowest BCUT2D eigenvalue weighted by Crippen LogP contribution is -2.16. The average molecular weight is 315 g/mol. The van der Waals surface area contributed by atoms with Gasteiger partial charge in [0.25, 0.3) is 0 Å². The van der Waals surface area contributed by atoms with Gasteiger partial charge in [-0.15, -0.1) is 0 Å². The van der Waals surface area contributed by atoms with Gasteiger partial charge in [-0.05, 0) is 37.0 Å². The fourth-order valence-corrected chi connectivity index (χ4v) is 2.96. The Morgan fingerprint density at radius 3 is 2.55 bits per heavy atom. The molecule has 1 aliphatic carbocycles. The van der Waals surface area contributed by atoms with Gasteiger partial charge >= 0.3 is 5.97 Å². The van der Waals surface area contributed by atoms with Crippen molar-refractivity contribution >= 4 is 35.0 Å². The summed E-state index contributed by atoms with van der Waals surface area (Å²) in [5.74, 6) is -0.210. The van der Waals surface area contributed by atoms with Crippen molar-refractivity contribution in [2.45, 2.75) is 32.1 Å². The number of ketones is 1. The number of carbonyl (C=O) groups excluding carboxylic acids is 2. The molecule has 0 saturated heterocycles. The fourth-order valence-electron chi connectivity index (χ4n) is 2.45. The van der Waals surface area contributed by atoms with Crippen LogP contribution in [-0.4, -0.2) is 18.4 Å². The summed E-state index contributed by atoms with van der Waals surface area (Å²) in [6.45, 7) is -0.271. The van der Waals surface area contributed by atoms with Gasteiger partial charge in [0, 0.05) is 17.0 Å². The van der Waals surface area contributed by atoms with Gasteiger partial charge in [-0.25, -0.2) is 0 Å². The maximum Gasteiger partial charge on any atom is 0.306 e. The molecule has 1 fully saturated rings. The van der Waals surface area contributed by atoms with Crippen LogP contribution in [0.5, 0.6) is 0 Å². The summed E-state index contributed by atoms with van der Waals surface area (Å²) in [7, 11) is 0. The van der Waals surface area contributed by atoms with Crippen molar-refractivity contribution in [2.75, 3.05) is 6.61 Å². The highest BCUT2D eigenvalue weighted by molar-refractivity contribution is 6.36. The lowest BCUT2D eigenvalue weighted by molar-refractivity contribution is -0.143. The number of hydrogen-bond acceptors (Lipinski definition) is 3. The molecule has 0 radical (unpaired) electrons. The first-order chi connectivity index (χ1) is 9.56. The number of hydrogen-bond donors (Lipinski definition) is 0. The van der Waals surface area contributed by atoms with Crippen LogP contribution in [0.4, 0.5) is 0 Å². The summed E-state index contributed by atoms with van der Waals surface area (Å²) in [4.78, 5) is 23.6. The van der Waals surface area contributed by atoms with Crippen LogP contribution in [0.2, 0.25) is 10.0 Å². The number of Topliss-reactive ketones (excluding diaryl/α,β-unsaturated/α-hetero) is 1. The van der Waals surface area contributed by atoms with E-state index < -0.39 is 0 Å². The second-order valence-electron chi connectivity index (χ2n) is 5.06. The number of rotatable bonds is 5. The Labute approximate surface area is 128 Å². The third-order valence-corrected chi connectivity index (χ3v) is 4.07. The molecule has 0 unspecified atom stereocenters. The van der Waals surface area contributed by atoms with E-state index in [4.69, 9.17) is 27.9 Å². The molecule has 1 aromatic carbocycles. The third kappa shape index (κ3) is 4.22. The van der Waals surface area contributed by atoms with E-state index in [1.165, 1.54) is 25.0 Å². The maximum atomic E-state index is 11.9. The molecule has 0 heterocycles. The largest absolute Gasteiger partial charge is 0.457 e. The average Bonchev–Trinajstić information content (AvgIpc) is 2.89. The van der Waals surface area contributed by atoms with E-state index in [-0.39, 0.29) is 23.4 Å². The number of ether oxygens (including phenoxy) is 1. The normalized spacial score (nSPS) is 15.3. The van der Waals surface area contributed by atoms with E-state index in [9.17, 15) is 9.59 Å². The molecule has 0 aliphatic heterocycles. The zero-order valence-corrected chi connectivity index (χ0v) is 12.5. The molecule has 0 spiro atoms. The minimum Gasteiger partial charge on any atom is -0.457 e. The van der Waals surface area contributed by atoms with Gasteiger partial charge in [0.15, 0.2) is 6.61 Å². The number of benzene rings is 1. The predicted octanol–water partition coefficient (Wildman–Crippen LogP) is 4.30. The van der Waals surface area contributed by atoms with Crippen LogP contribution in [0, 0.1) is 5.92 Å². The van der Waals surface area contributed by atoms with Crippen molar-refractivity contribution < 1.29 is 14.3 Å². The molecule has 0 aromatic heterocycles. The van der Waals surface area contributed by atoms with Crippen LogP contribution >= 0.6 is 23.2 Å². The van der Waals surface area contributed by atoms with Gasteiger partial charge in [-0.1, -0.05) is 36.0 Å². The van der Waals surface area contributed by atoms with E-state index in [1.807, 2.05) is 0 Å². The smallest absolute Gasteiger partial charge is 0.306 e. The molecular weight excluding hydrogens is 299 g/mol. The standard InChI is InChI=1S/C15H16Cl2O3/c16-11-5-6-12(13(17)8-11)14(18)9-20-15(19)7-10-3-1-2-4-10/h5-6,8,10H,1-4,7,9H2. The first-order valence-electron chi connectivity index (χ1n) is 6.70. The SMILES string of the molecule is O=C(CC1CCCC1)OCC(=O)c1ccc(Cl)cc1Cl. The molecular formula is C15H16Cl2O3. The Morgan fingerprint density at radius 2 is 1.90 bits per heavy atom. The predicted molar refractivity (Wildman–Crippen MR) is 78.3 cm³/mol. The molecule has 5 heteroatoms. The molecule has 3 nitrogen and oxygen atoms in total. The monoisotopic (exact) mass is 314 g/mol. The van der Waals surface area contributed by atoms with E-state index in [0.29, 0.717) is 22.9 Å². The first kappa shape index (κ1) is 15.3. The molecule has 2 rings (SSSR count). The minimum atomic E-state index is -0.313. The third-order valence-electron chi connectivity index (χ3n) is 3.53. The lowest BCUT2D eigenvalue weighted by Gasteiger charge is -2.09. The maximum absolute atomic E-state index is 11.9. The molecule has 108 valence electrons. The lowest BCUT2D eigenvalue weighted by atomic mass is 10.0. The Balaban J connectivity index is 1.83. The Bertz CT molecular complexity index is 508. The van der Waals surface area contributed by atoms with Gasteiger partial charge in [0.2, 0.25) is 5.78 Å². The summed E-state index contributed by atoms with van der Waals surface area (Å²) >= 11 is 11.7. The van der Waals surface area contributed by atoms with Crippen LogP contribution in [-0.2, 0) is 9.53 Å². The Kier molecular flexibility index (Phi) is 5.44. The molecule has 1 aliphatic rings. The van der Waals surface area contributed by atoms with Crippen molar-refractivity contribution in [3.63, 3.8) is 0 Å². The van der Waals surface area contributed by atoms with Gasteiger partial charge < -0.3 is 4.74 Å². The second kappa shape index (κ2) is 7.09. The highest BCUT2D eigenvalue weighted by Gasteiger charge is 2.20. The zero-order valence-electron chi connectivity index (χ0n) is 11.0. The van der Waals surface area contributed by atoms with Gasteiger partial charge in [0.1, 0.15) is 0 Å². The quantitative estimate of drug-likeness (QED) is 0.601. The van der Waals surface area contributed by atoms with Crippen LogP contribution in [0.25, 0.3) is 0 Å². The summed E-state index contributed by atoms with van der Waals surface area (Å²) in [6, 6.07) is 4.62. The van der Waals surface area contributed by atoms with Crippen LogP contribution in [0.15, 0.2) is 18.2 Å². The fraction of sp³-hybridized carbons (Fsp3) is 0.467. The molecule has 20 heavy (non-hydrogen) atoms. The summed E-state index contributed by atoms with van der Waals surface area (Å²) in [5, 5.41) is 0.735. The Hall–Kier alpha value is -1.06. The van der Waals surface area contributed by atoms with Gasteiger partial charge in [0.05, 0.1) is 5.02 Å². The molecule has 0 amide bonds. The second-order valence-corrected chi connectivity index (χ2v) is 5.91. The Morgan fingerprint density at radius 1 is 1.20 bits per heavy atom. The van der Waals surface area contributed by atoms with E-state index >= 15 is 0 Å². The topological polar surface area (TPSA) is 43.4 Å². The number of halogens is 2. The number of esters is 1. The molecule has 1 aromatic rings. The van der Waals surface area contributed by atoms with E-state index in [2.05, 4.69) is 0 Å². The highest BCUT2D eigenvalue weighted by atomic mass is 35.5. The molecule has 0 N–H and O–H groups in total. The summed E-state index contributed by atoms with van der Waals surface area (Å²) in [6.07, 6.45) is 4.91. The summed E-state index contributed by atoms with van der Waals surface area (Å²) in [5.41, 5.74) is 0.324. The van der Waals surface area contributed by atoms with Crippen LogP contribution in [0.3, 0.4) is 0 Å². The zero-order chi connectivity index (χ0) is 14.5. The molecule has 0 atom stereocenters. The van der Waals surface area contributed by atoms with E-state index in [0.717, 1.165) is 12.8 Å². The van der Waals surface area contributed by atoms with Crippen molar-refractivity contribution in [3.05, 3.63) is 33.8 Å². The highest BCUT2D eigenvalue weighted by Crippen LogP contribution is 2.27. The molecule has 1 saturated carbocycles. The van der Waals surface area contributed by atoms with Crippen molar-refractivity contribution in [3.8, 4) is 0 Å². The van der Waals surface area contributed by atoms with Crippen molar-refractivity contribution in [1.82, 2.24) is 0 Å². The first-order valence-corrected chi connectivity index (χ1v) is 7.45. The van der Waals surface area contributed by atoms with E-state index in [1.54, 1.807) is 6.07 Å². The molecule has 0 bridgehead atoms. The summed E-state index contributed by atoms with van der Waals surface area (Å²) < 4.78 is 5.03. The number of carbonyl (C=O) groups is 2. The minimum absolute atomic E-state index is 0.271. The van der Waals surface area contributed by atoms with Crippen molar-refractivity contribution in [2.24, 2.45) is 5.92 Å². The van der Waals surface area contributed by atoms with Crippen molar-refractivity contribution in [1.29, 1.82) is 0 Å². The van der Waals surface area contributed by atoms with Gasteiger partial charge in [-0.2, -0.15) is 0 Å². The van der Waals surface area contributed by atoms with Crippen LogP contribution < -0.4 is 0 Å². The van der Waals surface area contributed by atoms with Crippen LogP contribution in [0.1, 0.15) is 42.5 Å².